The van der Waals surface area contributed by atoms with Crippen molar-refractivity contribution < 1.29 is 9.94 Å². The van der Waals surface area contributed by atoms with E-state index in [4.69, 9.17) is 15.7 Å². The molecule has 0 aliphatic heterocycles. The van der Waals surface area contributed by atoms with E-state index in [1.54, 1.807) is 16.8 Å². The van der Waals surface area contributed by atoms with Crippen molar-refractivity contribution >= 4 is 5.84 Å². The SMILES string of the molecule is Cc1nn(C)c(C)c1Oc1ccc(/C(N)=N/O)nc1. The standard InChI is InChI=1S/C12H15N5O2/c1-7-11(8(2)17(3)15-7)19-9-4-5-10(14-6-9)12(13)16-18/h4-6,18H,1-3H3,(H2,13,16). The van der Waals surface area contributed by atoms with Crippen molar-refractivity contribution in [2.24, 2.45) is 17.9 Å². The highest BCUT2D eigenvalue weighted by Gasteiger charge is 2.12. The Bertz CT molecular complexity index is 616. The van der Waals surface area contributed by atoms with E-state index in [0.29, 0.717) is 17.2 Å². The van der Waals surface area contributed by atoms with Gasteiger partial charge in [-0.2, -0.15) is 5.10 Å². The topological polar surface area (TPSA) is 98.6 Å². The van der Waals surface area contributed by atoms with Crippen molar-refractivity contribution in [1.82, 2.24) is 14.8 Å². The van der Waals surface area contributed by atoms with Crippen LogP contribution in [0.3, 0.4) is 0 Å². The first-order valence-corrected chi connectivity index (χ1v) is 5.65. The van der Waals surface area contributed by atoms with Crippen molar-refractivity contribution in [3.63, 3.8) is 0 Å². The molecule has 0 saturated heterocycles. The van der Waals surface area contributed by atoms with Crippen LogP contribution < -0.4 is 10.5 Å². The normalized spacial score (nSPS) is 11.6. The van der Waals surface area contributed by atoms with Crippen LogP contribution in [-0.2, 0) is 7.05 Å². The zero-order chi connectivity index (χ0) is 14.0. The van der Waals surface area contributed by atoms with Gasteiger partial charge in [-0.25, -0.2) is 4.98 Å². The second-order valence-corrected chi connectivity index (χ2v) is 4.09. The minimum atomic E-state index is -0.0414. The van der Waals surface area contributed by atoms with E-state index in [9.17, 15) is 0 Å². The maximum absolute atomic E-state index is 8.55. The summed E-state index contributed by atoms with van der Waals surface area (Å²) in [7, 11) is 1.86. The van der Waals surface area contributed by atoms with Gasteiger partial charge in [0.25, 0.3) is 0 Å². The third kappa shape index (κ3) is 2.49. The Morgan fingerprint density at radius 2 is 2.16 bits per heavy atom. The van der Waals surface area contributed by atoms with Gasteiger partial charge >= 0.3 is 0 Å². The quantitative estimate of drug-likeness (QED) is 0.376. The monoisotopic (exact) mass is 261 g/mol. The molecule has 2 aromatic rings. The number of pyridine rings is 1. The summed E-state index contributed by atoms with van der Waals surface area (Å²) in [6.07, 6.45) is 1.51. The predicted octanol–water partition coefficient (Wildman–Crippen LogP) is 1.32. The summed E-state index contributed by atoms with van der Waals surface area (Å²) in [5, 5.41) is 15.7. The van der Waals surface area contributed by atoms with Crippen LogP contribution in [0.25, 0.3) is 0 Å². The van der Waals surface area contributed by atoms with Gasteiger partial charge in [0.1, 0.15) is 17.1 Å². The highest BCUT2D eigenvalue weighted by molar-refractivity contribution is 5.95. The molecule has 0 spiro atoms. The lowest BCUT2D eigenvalue weighted by atomic mass is 10.3. The van der Waals surface area contributed by atoms with Crippen LogP contribution in [0.15, 0.2) is 23.5 Å². The molecule has 0 aromatic carbocycles. The first kappa shape index (κ1) is 12.9. The summed E-state index contributed by atoms with van der Waals surface area (Å²) >= 11 is 0. The largest absolute Gasteiger partial charge is 0.452 e. The van der Waals surface area contributed by atoms with E-state index in [-0.39, 0.29) is 5.84 Å². The Hall–Kier alpha value is -2.57. The molecule has 0 saturated carbocycles. The van der Waals surface area contributed by atoms with Crippen molar-refractivity contribution in [2.75, 3.05) is 0 Å². The number of nitrogens with two attached hydrogens (primary N) is 1. The lowest BCUT2D eigenvalue weighted by Gasteiger charge is -2.06. The van der Waals surface area contributed by atoms with Crippen LogP contribution >= 0.6 is 0 Å². The van der Waals surface area contributed by atoms with E-state index in [1.165, 1.54) is 6.20 Å². The predicted molar refractivity (Wildman–Crippen MR) is 69.5 cm³/mol. The zero-order valence-electron chi connectivity index (χ0n) is 11.0. The second-order valence-electron chi connectivity index (χ2n) is 4.09. The molecule has 2 aromatic heterocycles. The van der Waals surface area contributed by atoms with Crippen LogP contribution in [0.2, 0.25) is 0 Å². The summed E-state index contributed by atoms with van der Waals surface area (Å²) in [5.41, 5.74) is 7.55. The Labute approximate surface area is 110 Å². The molecule has 2 rings (SSSR count). The Morgan fingerprint density at radius 3 is 2.63 bits per heavy atom. The molecule has 0 atom stereocenters. The third-order valence-electron chi connectivity index (χ3n) is 2.77. The van der Waals surface area contributed by atoms with Crippen LogP contribution in [0.5, 0.6) is 11.5 Å². The molecular weight excluding hydrogens is 246 g/mol. The van der Waals surface area contributed by atoms with Gasteiger partial charge in [0.05, 0.1) is 11.9 Å². The first-order chi connectivity index (χ1) is 9.02. The van der Waals surface area contributed by atoms with Crippen LogP contribution in [-0.4, -0.2) is 25.8 Å². The van der Waals surface area contributed by atoms with Gasteiger partial charge in [0, 0.05) is 7.05 Å². The fraction of sp³-hybridized carbons (Fsp3) is 0.250. The Kier molecular flexibility index (Phi) is 3.37. The summed E-state index contributed by atoms with van der Waals surface area (Å²) < 4.78 is 7.49. The van der Waals surface area contributed by atoms with Gasteiger partial charge in [-0.15, -0.1) is 0 Å². The zero-order valence-corrected chi connectivity index (χ0v) is 11.0. The van der Waals surface area contributed by atoms with Gasteiger partial charge in [-0.05, 0) is 26.0 Å². The molecule has 2 heterocycles. The van der Waals surface area contributed by atoms with Crippen molar-refractivity contribution in [3.05, 3.63) is 35.4 Å². The average molecular weight is 261 g/mol. The molecule has 0 aliphatic carbocycles. The number of hydrogen-bond donors (Lipinski definition) is 2. The van der Waals surface area contributed by atoms with Gasteiger partial charge in [-0.3, -0.25) is 4.68 Å². The van der Waals surface area contributed by atoms with Gasteiger partial charge in [0.2, 0.25) is 0 Å². The lowest BCUT2D eigenvalue weighted by molar-refractivity contribution is 0.318. The van der Waals surface area contributed by atoms with Crippen molar-refractivity contribution in [2.45, 2.75) is 13.8 Å². The molecule has 0 fully saturated rings. The number of oxime groups is 1. The molecule has 0 unspecified atom stereocenters. The first-order valence-electron chi connectivity index (χ1n) is 5.65. The maximum atomic E-state index is 8.55. The number of rotatable bonds is 3. The molecule has 100 valence electrons. The smallest absolute Gasteiger partial charge is 0.188 e. The third-order valence-corrected chi connectivity index (χ3v) is 2.77. The molecule has 7 nitrogen and oxygen atoms in total. The van der Waals surface area contributed by atoms with E-state index in [1.807, 2.05) is 20.9 Å². The summed E-state index contributed by atoms with van der Waals surface area (Å²) in [5.74, 6) is 1.23. The van der Waals surface area contributed by atoms with E-state index >= 15 is 0 Å². The fourth-order valence-corrected chi connectivity index (χ4v) is 1.66. The summed E-state index contributed by atoms with van der Waals surface area (Å²) in [6.45, 7) is 3.80. The van der Waals surface area contributed by atoms with Crippen LogP contribution in [0.1, 0.15) is 17.1 Å². The van der Waals surface area contributed by atoms with Crippen LogP contribution in [0.4, 0.5) is 0 Å². The molecule has 7 heteroatoms. The number of ether oxygens (including phenoxy) is 1. The molecular formula is C12H15N5O2. The second kappa shape index (κ2) is 4.97. The molecule has 0 aliphatic rings. The van der Waals surface area contributed by atoms with Gasteiger partial charge in [0.15, 0.2) is 11.6 Å². The minimum absolute atomic E-state index is 0.0414. The van der Waals surface area contributed by atoms with Gasteiger partial charge in [-0.1, -0.05) is 5.16 Å². The van der Waals surface area contributed by atoms with Crippen LogP contribution in [0, 0.1) is 13.8 Å². The highest BCUT2D eigenvalue weighted by Crippen LogP contribution is 2.27. The number of amidine groups is 1. The number of hydrogen-bond acceptors (Lipinski definition) is 5. The number of aryl methyl sites for hydroxylation is 2. The molecule has 0 bridgehead atoms. The van der Waals surface area contributed by atoms with E-state index in [2.05, 4.69) is 15.2 Å². The van der Waals surface area contributed by atoms with E-state index in [0.717, 1.165) is 11.4 Å². The fourth-order valence-electron chi connectivity index (χ4n) is 1.66. The lowest BCUT2D eigenvalue weighted by Crippen LogP contribution is -2.14. The average Bonchev–Trinajstić information content (AvgIpc) is 2.65. The van der Waals surface area contributed by atoms with Crippen molar-refractivity contribution in [1.29, 1.82) is 0 Å². The Balaban J connectivity index is 2.25. The Morgan fingerprint density at radius 1 is 1.42 bits per heavy atom. The molecule has 0 radical (unpaired) electrons. The van der Waals surface area contributed by atoms with Crippen molar-refractivity contribution in [3.8, 4) is 11.5 Å². The molecule has 0 amide bonds. The molecule has 3 N–H and O–H groups in total. The van der Waals surface area contributed by atoms with Gasteiger partial charge < -0.3 is 15.7 Å². The van der Waals surface area contributed by atoms with E-state index < -0.39 is 0 Å². The minimum Gasteiger partial charge on any atom is -0.452 e. The number of nitrogens with zero attached hydrogens (tertiary/aromatic N) is 4. The summed E-state index contributed by atoms with van der Waals surface area (Å²) in [6, 6.07) is 3.32. The maximum Gasteiger partial charge on any atom is 0.188 e. The molecule has 19 heavy (non-hydrogen) atoms. The summed E-state index contributed by atoms with van der Waals surface area (Å²) in [4.78, 5) is 4.04. The number of aromatic nitrogens is 3. The highest BCUT2D eigenvalue weighted by atomic mass is 16.5.